The second-order valence-corrected chi connectivity index (χ2v) is 35.5. The molecule has 10 aromatic heterocycles. The Morgan fingerprint density at radius 1 is 0.302 bits per heavy atom. The summed E-state index contributed by atoms with van der Waals surface area (Å²) in [6.07, 6.45) is 32.0. The van der Waals surface area contributed by atoms with E-state index in [9.17, 15) is 0 Å². The number of ether oxygens (including phenoxy) is 1. The topological polar surface area (TPSA) is 158 Å². The van der Waals surface area contributed by atoms with Gasteiger partial charge in [-0.15, -0.1) is 143 Å². The number of methoxy groups -OCH3 is 1. The van der Waals surface area contributed by atoms with Crippen molar-refractivity contribution in [2.24, 2.45) is 0 Å². The molecule has 22 heteroatoms. The number of hydrogen-bond donors (Lipinski definition) is 0. The van der Waals surface area contributed by atoms with Crippen LogP contribution in [-0.4, -0.2) is 74.4 Å². The fourth-order valence-corrected chi connectivity index (χ4v) is 19.6. The molecule has 5 radical (unpaired) electrons. The van der Waals surface area contributed by atoms with Gasteiger partial charge in [0, 0.05) is 260 Å². The van der Waals surface area contributed by atoms with Crippen LogP contribution in [0, 0.1) is 99.6 Å². The van der Waals surface area contributed by atoms with Crippen molar-refractivity contribution >= 4 is 66.9 Å². The third-order valence-electron chi connectivity index (χ3n) is 25.8. The minimum atomic E-state index is 0. The molecular formula is C127H102Ir5N15O2-5. The number of imidazole rings is 5. The molecule has 14 aromatic carbocycles. The Morgan fingerprint density at radius 2 is 0.685 bits per heavy atom. The third kappa shape index (κ3) is 22.9. The van der Waals surface area contributed by atoms with Crippen LogP contribution < -0.4 is 9.64 Å². The van der Waals surface area contributed by atoms with Gasteiger partial charge in [-0.1, -0.05) is 115 Å². The number of hydrogen-bond acceptors (Lipinski definition) is 11. The van der Waals surface area contributed by atoms with E-state index in [4.69, 9.17) is 9.15 Å². The first-order valence-corrected chi connectivity index (χ1v) is 47.7. The molecule has 0 saturated carbocycles. The van der Waals surface area contributed by atoms with Crippen LogP contribution in [0.5, 0.6) is 5.75 Å². The summed E-state index contributed by atoms with van der Waals surface area (Å²) in [5.41, 5.74) is 36.8. The van der Waals surface area contributed by atoms with Gasteiger partial charge >= 0.3 is 0 Å². The van der Waals surface area contributed by atoms with E-state index >= 15 is 0 Å². The van der Waals surface area contributed by atoms with Crippen LogP contribution in [0.3, 0.4) is 0 Å². The van der Waals surface area contributed by atoms with Crippen LogP contribution in [0.4, 0.5) is 17.1 Å². The van der Waals surface area contributed by atoms with Crippen LogP contribution in [0.1, 0.15) is 61.2 Å². The van der Waals surface area contributed by atoms with Gasteiger partial charge in [0.05, 0.1) is 47.0 Å². The predicted molar refractivity (Wildman–Crippen MR) is 584 cm³/mol. The Labute approximate surface area is 936 Å². The third-order valence-corrected chi connectivity index (χ3v) is 25.8. The molecule has 0 atom stereocenters. The van der Waals surface area contributed by atoms with Crippen molar-refractivity contribution in [1.29, 1.82) is 0 Å². The Morgan fingerprint density at radius 3 is 1.11 bits per heavy atom. The molecule has 0 aliphatic heterocycles. The minimum absolute atomic E-state index is 0. The average molecular weight is 2830 g/mol. The number of pyridine rings is 3. The van der Waals surface area contributed by atoms with Crippen LogP contribution in [-0.2, 0) is 101 Å². The van der Waals surface area contributed by atoms with E-state index in [0.29, 0.717) is 0 Å². The molecule has 0 N–H and O–H groups in total. The molecule has 0 spiro atoms. The van der Waals surface area contributed by atoms with Crippen molar-refractivity contribution in [3.05, 3.63) is 501 Å². The van der Waals surface area contributed by atoms with Gasteiger partial charge in [0.15, 0.2) is 0 Å². The molecule has 0 aliphatic carbocycles. The number of anilines is 3. The van der Waals surface area contributed by atoms with Crippen LogP contribution in [0.25, 0.3) is 163 Å². The molecule has 0 aliphatic rings. The number of para-hydroxylation sites is 4. The monoisotopic (exact) mass is 2830 g/mol. The minimum Gasteiger partial charge on any atom is -0.500 e. The molecule has 0 amide bonds. The van der Waals surface area contributed by atoms with Gasteiger partial charge in [0.2, 0.25) is 0 Å². The maximum absolute atomic E-state index is 5.92. The van der Waals surface area contributed by atoms with Crippen LogP contribution in [0.15, 0.2) is 413 Å². The second-order valence-electron chi connectivity index (χ2n) is 35.5. The molecule has 747 valence electrons. The summed E-state index contributed by atoms with van der Waals surface area (Å²) in [5, 5.41) is 4.40. The number of fused-ring (bicyclic) bond motifs is 6. The summed E-state index contributed by atoms with van der Waals surface area (Å²) in [6, 6.07) is 121. The van der Waals surface area contributed by atoms with E-state index in [1.165, 1.54) is 78.1 Å². The van der Waals surface area contributed by atoms with Crippen LogP contribution >= 0.6 is 0 Å². The van der Waals surface area contributed by atoms with Gasteiger partial charge in [-0.05, 0) is 280 Å². The van der Waals surface area contributed by atoms with Crippen molar-refractivity contribution in [1.82, 2.24) is 67.3 Å². The molecule has 24 rings (SSSR count). The molecule has 0 saturated heterocycles. The number of rotatable bonds is 18. The summed E-state index contributed by atoms with van der Waals surface area (Å²) < 4.78 is 24.2. The first kappa shape index (κ1) is 108. The average Bonchev–Trinajstić information content (AvgIpc) is 1.59. The molecule has 0 fully saturated rings. The van der Waals surface area contributed by atoms with Crippen molar-refractivity contribution < 1.29 is 110 Å². The van der Waals surface area contributed by atoms with E-state index in [1.807, 2.05) is 196 Å². The summed E-state index contributed by atoms with van der Waals surface area (Å²) >= 11 is 0. The largest absolute Gasteiger partial charge is 0.500 e. The summed E-state index contributed by atoms with van der Waals surface area (Å²) in [4.78, 5) is 37.9. The normalized spacial score (nSPS) is 10.7. The Balaban J connectivity index is 0.000000141. The van der Waals surface area contributed by atoms with Gasteiger partial charge in [-0.2, -0.15) is 6.07 Å². The number of aromatic nitrogens is 14. The van der Waals surface area contributed by atoms with Gasteiger partial charge < -0.3 is 46.4 Å². The Hall–Kier alpha value is -15.2. The summed E-state index contributed by atoms with van der Waals surface area (Å²) in [7, 11) is 1.68. The maximum atomic E-state index is 5.92. The quantitative estimate of drug-likeness (QED) is 0.0753. The Bertz CT molecular complexity index is 8530. The smallest absolute Gasteiger partial charge is 0.120 e. The molecule has 10 heterocycles. The SMILES string of the molecule is C=Cc1cc(C)c(-n2ccnc2-c2[c-]cccc2)c(C)c1.COc1cc(C)c(-n2ccnc2-c2[c-]cncc2)c(C)c1.Cc1cc(-c2cccc(-n3c4ccncc4c4cnccc43)c2)cc(C)c1-n1ccnc1-c1[c-]cccc1.Cc1cc(-c2cccc(N(c3ccccc3)c3ccccc3)c2)cc(C)c1-n1ccnc1-c1[c-]cccc1.Cc1cccc(C)c1-n1ccnc1-c1[c-]cc2oc3ccccc3c2c1.[Ir].[Ir].[Ir].[Ir].[Ir]. The van der Waals surface area contributed by atoms with Crippen molar-refractivity contribution in [2.45, 2.75) is 69.2 Å². The fraction of sp³-hybridized carbons (Fsp3) is 0.0866. The zero-order chi connectivity index (χ0) is 98.9. The molecule has 149 heavy (non-hydrogen) atoms. The molecule has 0 unspecified atom stereocenters. The number of furan rings is 1. The number of nitrogens with zero attached hydrogens (tertiary/aromatic N) is 15. The van der Waals surface area contributed by atoms with E-state index in [-0.39, 0.29) is 101 Å². The number of aryl methyl sites for hydroxylation is 10. The second kappa shape index (κ2) is 49.1. The molecule has 17 nitrogen and oxygen atoms in total. The zero-order valence-electron chi connectivity index (χ0n) is 83.6. The first-order valence-electron chi connectivity index (χ1n) is 47.7. The first-order chi connectivity index (χ1) is 70.5. The van der Waals surface area contributed by atoms with E-state index in [2.05, 4.69) is 372 Å². The standard InChI is InChI=1S/C35H28N3.C33H24N5.C23H17N2O.C19H17N2.C17H16N3O.5Ir/c1-26-23-30(24-27(2)34(26)37-22-21-36-35(37)28-13-6-3-7-14-28)29-15-12-20-33(25-29)38(31-16-8-4-9-17-31)32-18-10-5-11-19-32;1-22-17-26(18-23(2)32(22)37-16-15-36-33(37)24-7-4-3-5-8-24)25-9-6-10-27(19-25)38-30-11-13-34-20-28(30)29-21-35-14-12-31(29)38;1-15-6-5-7-16(2)22(15)25-13-12-24-23(25)17-10-11-21-19(14-17)18-8-3-4-9-20(18)26-21;1-4-16-12-14(2)18(15(3)13-16)21-11-10-20-19(21)17-8-6-5-7-9-17;1-12-10-15(21-3)11-13(2)16(12)20-9-8-19-17(20)14-4-6-18-7-5-14;;;;;/h3-13,15-25H,1-2H3;3-7,9-21H,1-2H3;3-9,11-14H,1-2H3;4-8,10-13H,1H2,2-3H3;4,6-11H,1-3H3;;;;;/q5*-1;;;;;. The van der Waals surface area contributed by atoms with Crippen molar-refractivity contribution in [3.63, 3.8) is 0 Å². The summed E-state index contributed by atoms with van der Waals surface area (Å²) in [6.45, 7) is 25.2. The van der Waals surface area contributed by atoms with Crippen molar-refractivity contribution in [2.75, 3.05) is 12.0 Å². The van der Waals surface area contributed by atoms with Gasteiger partial charge in [0.25, 0.3) is 0 Å². The van der Waals surface area contributed by atoms with Gasteiger partial charge in [0.1, 0.15) is 11.3 Å². The van der Waals surface area contributed by atoms with Gasteiger partial charge in [-0.3, -0.25) is 34.9 Å². The van der Waals surface area contributed by atoms with Crippen molar-refractivity contribution in [3.8, 4) is 119 Å². The predicted octanol–water partition coefficient (Wildman–Crippen LogP) is 30.4. The fourth-order valence-electron chi connectivity index (χ4n) is 19.6. The molecular weight excluding hydrogens is 2730 g/mol. The van der Waals surface area contributed by atoms with E-state index in [0.717, 1.165) is 163 Å². The van der Waals surface area contributed by atoms with E-state index < -0.39 is 0 Å². The maximum Gasteiger partial charge on any atom is 0.120 e. The number of benzene rings is 14. The summed E-state index contributed by atoms with van der Waals surface area (Å²) in [5.74, 6) is 5.30. The Kier molecular flexibility index (Phi) is 35.6. The van der Waals surface area contributed by atoms with Gasteiger partial charge in [-0.25, -0.2) is 0 Å². The molecule has 0 bridgehead atoms. The zero-order valence-corrected chi connectivity index (χ0v) is 95.6. The van der Waals surface area contributed by atoms with Crippen LogP contribution in [0.2, 0.25) is 0 Å². The molecule has 24 aromatic rings. The van der Waals surface area contributed by atoms with E-state index in [1.54, 1.807) is 25.7 Å².